The maximum absolute atomic E-state index is 11.9. The summed E-state index contributed by atoms with van der Waals surface area (Å²) < 4.78 is 31.0. The number of hydrogen-bond donors (Lipinski definition) is 2. The summed E-state index contributed by atoms with van der Waals surface area (Å²) in [6, 6.07) is 3.04. The number of sulfonamides is 1. The maximum Gasteiger partial charge on any atom is 0.321 e. The van der Waals surface area contributed by atoms with Crippen molar-refractivity contribution in [2.75, 3.05) is 31.3 Å². The lowest BCUT2D eigenvalue weighted by Crippen LogP contribution is -2.30. The molecule has 3 N–H and O–H groups in total. The van der Waals surface area contributed by atoms with Gasteiger partial charge in [-0.25, -0.2) is 8.42 Å². The maximum atomic E-state index is 11.9. The highest BCUT2D eigenvalue weighted by Gasteiger charge is 2.17. The van der Waals surface area contributed by atoms with Crippen LogP contribution in [0.15, 0.2) is 21.7 Å². The molecule has 2 aromatic rings. The molecule has 10 nitrogen and oxygen atoms in total. The second kappa shape index (κ2) is 7.51. The summed E-state index contributed by atoms with van der Waals surface area (Å²) in [5, 5.41) is 1.63. The largest absolute Gasteiger partial charge is 0.456 e. The van der Waals surface area contributed by atoms with Crippen molar-refractivity contribution < 1.29 is 17.9 Å². The Labute approximate surface area is 142 Å². The Morgan fingerprint density at radius 3 is 2.75 bits per heavy atom. The van der Waals surface area contributed by atoms with Gasteiger partial charge in [0.15, 0.2) is 12.4 Å². The van der Waals surface area contributed by atoms with Crippen LogP contribution in [0.2, 0.25) is 0 Å². The van der Waals surface area contributed by atoms with Gasteiger partial charge in [0.2, 0.25) is 11.9 Å². The molecule has 0 saturated carbocycles. The summed E-state index contributed by atoms with van der Waals surface area (Å²) in [5.74, 6) is -0.272. The van der Waals surface area contributed by atoms with E-state index in [2.05, 4.69) is 19.7 Å². The molecular weight excluding hydrogens is 356 g/mol. The van der Waals surface area contributed by atoms with E-state index in [1.54, 1.807) is 30.4 Å². The Balaban J connectivity index is 1.90. The van der Waals surface area contributed by atoms with Gasteiger partial charge in [-0.15, -0.1) is 11.3 Å². The minimum Gasteiger partial charge on any atom is -0.456 e. The Bertz CT molecular complexity index is 807. The topological polar surface area (TPSA) is 140 Å². The van der Waals surface area contributed by atoms with Crippen molar-refractivity contribution in [3.05, 3.63) is 23.3 Å². The first-order chi connectivity index (χ1) is 11.3. The van der Waals surface area contributed by atoms with Crippen LogP contribution in [0.25, 0.3) is 0 Å². The van der Waals surface area contributed by atoms with Gasteiger partial charge in [0.05, 0.1) is 0 Å². The molecule has 0 unspecified atom stereocenters. The van der Waals surface area contributed by atoms with Crippen LogP contribution >= 0.6 is 11.3 Å². The molecule has 0 atom stereocenters. The van der Waals surface area contributed by atoms with Gasteiger partial charge in [-0.2, -0.15) is 19.7 Å². The van der Waals surface area contributed by atoms with Crippen LogP contribution in [-0.4, -0.2) is 50.0 Å². The molecule has 0 fully saturated rings. The molecule has 0 bridgehead atoms. The van der Waals surface area contributed by atoms with Crippen LogP contribution in [-0.2, 0) is 26.2 Å². The first-order valence-electron chi connectivity index (χ1n) is 6.64. The molecule has 2 heterocycles. The SMILES string of the molecule is CN(C)c1nc(N)nc(COC(=O)CNS(=O)(=O)c2cccs2)n1. The highest BCUT2D eigenvalue weighted by molar-refractivity contribution is 7.91. The number of anilines is 2. The van der Waals surface area contributed by atoms with Gasteiger partial charge in [-0.3, -0.25) is 4.79 Å². The van der Waals surface area contributed by atoms with E-state index in [0.29, 0.717) is 5.95 Å². The van der Waals surface area contributed by atoms with Crippen molar-refractivity contribution in [2.45, 2.75) is 10.8 Å². The summed E-state index contributed by atoms with van der Waals surface area (Å²) in [4.78, 5) is 25.1. The van der Waals surface area contributed by atoms with Crippen molar-refractivity contribution in [2.24, 2.45) is 0 Å². The number of esters is 1. The molecule has 0 radical (unpaired) electrons. The van der Waals surface area contributed by atoms with E-state index in [4.69, 9.17) is 10.5 Å². The molecule has 0 spiro atoms. The van der Waals surface area contributed by atoms with E-state index >= 15 is 0 Å². The number of carbonyl (C=O) groups is 1. The zero-order valence-corrected chi connectivity index (χ0v) is 14.6. The Morgan fingerprint density at radius 1 is 1.38 bits per heavy atom. The zero-order chi connectivity index (χ0) is 17.7. The molecule has 2 rings (SSSR count). The number of aromatic nitrogens is 3. The van der Waals surface area contributed by atoms with Gasteiger partial charge in [-0.05, 0) is 11.4 Å². The first kappa shape index (κ1) is 18.0. The predicted octanol–water partition coefficient (Wildman–Crippen LogP) is -0.397. The predicted molar refractivity (Wildman–Crippen MR) is 87.9 cm³/mol. The number of hydrogen-bond acceptors (Lipinski definition) is 10. The molecule has 24 heavy (non-hydrogen) atoms. The van der Waals surface area contributed by atoms with E-state index in [9.17, 15) is 13.2 Å². The average molecular weight is 372 g/mol. The first-order valence-corrected chi connectivity index (χ1v) is 9.01. The van der Waals surface area contributed by atoms with Crippen LogP contribution in [0.3, 0.4) is 0 Å². The second-order valence-electron chi connectivity index (χ2n) is 4.72. The minimum absolute atomic E-state index is 0.00172. The van der Waals surface area contributed by atoms with Crippen molar-refractivity contribution >= 4 is 39.2 Å². The Morgan fingerprint density at radius 2 is 2.12 bits per heavy atom. The number of rotatable bonds is 7. The van der Waals surface area contributed by atoms with Crippen LogP contribution in [0.5, 0.6) is 0 Å². The minimum atomic E-state index is -3.72. The third-order valence-corrected chi connectivity index (χ3v) is 5.41. The lowest BCUT2D eigenvalue weighted by molar-refractivity contribution is -0.143. The molecular formula is C12H16N6O4S2. The number of nitrogens with one attached hydrogen (secondary N) is 1. The normalized spacial score (nSPS) is 11.2. The summed E-state index contributed by atoms with van der Waals surface area (Å²) in [5.41, 5.74) is 5.55. The summed E-state index contributed by atoms with van der Waals surface area (Å²) in [7, 11) is -0.268. The molecule has 130 valence electrons. The standard InChI is InChI=1S/C12H16N6O4S2/c1-18(2)12-16-8(15-11(13)17-12)7-22-9(19)6-14-24(20,21)10-4-3-5-23-10/h3-5,14H,6-7H2,1-2H3,(H2,13,15,16,17). The lowest BCUT2D eigenvalue weighted by atomic mass is 10.6. The number of carbonyl (C=O) groups excluding carboxylic acids is 1. The van der Waals surface area contributed by atoms with Gasteiger partial charge >= 0.3 is 5.97 Å². The summed E-state index contributed by atoms with van der Waals surface area (Å²) >= 11 is 1.05. The van der Waals surface area contributed by atoms with Crippen molar-refractivity contribution in [3.63, 3.8) is 0 Å². The molecule has 0 aliphatic carbocycles. The number of nitrogens with two attached hydrogens (primary N) is 1. The van der Waals surface area contributed by atoms with E-state index < -0.39 is 22.5 Å². The molecule has 0 amide bonds. The van der Waals surface area contributed by atoms with Gasteiger partial charge in [0.1, 0.15) is 10.8 Å². The Kier molecular flexibility index (Phi) is 5.64. The third-order valence-electron chi connectivity index (χ3n) is 2.62. The van der Waals surface area contributed by atoms with Gasteiger partial charge in [0, 0.05) is 14.1 Å². The highest BCUT2D eigenvalue weighted by atomic mass is 32.2. The lowest BCUT2D eigenvalue weighted by Gasteiger charge is -2.11. The monoisotopic (exact) mass is 372 g/mol. The molecule has 12 heteroatoms. The van der Waals surface area contributed by atoms with Crippen molar-refractivity contribution in [1.82, 2.24) is 19.7 Å². The fourth-order valence-corrected chi connectivity index (χ4v) is 3.53. The smallest absolute Gasteiger partial charge is 0.321 e. The highest BCUT2D eigenvalue weighted by Crippen LogP contribution is 2.15. The number of nitrogens with zero attached hydrogens (tertiary/aromatic N) is 4. The summed E-state index contributed by atoms with van der Waals surface area (Å²) in [6.45, 7) is -0.742. The third kappa shape index (κ3) is 4.84. The molecule has 0 aromatic carbocycles. The van der Waals surface area contributed by atoms with Crippen molar-refractivity contribution in [3.8, 4) is 0 Å². The van der Waals surface area contributed by atoms with Crippen LogP contribution in [0.4, 0.5) is 11.9 Å². The van der Waals surface area contributed by atoms with Crippen molar-refractivity contribution in [1.29, 1.82) is 0 Å². The van der Waals surface area contributed by atoms with Crippen LogP contribution < -0.4 is 15.4 Å². The fourth-order valence-electron chi connectivity index (χ4n) is 1.53. The van der Waals surface area contributed by atoms with E-state index in [0.717, 1.165) is 11.3 Å². The van der Waals surface area contributed by atoms with E-state index in [1.807, 2.05) is 0 Å². The molecule has 2 aromatic heterocycles. The fraction of sp³-hybridized carbons (Fsp3) is 0.333. The molecule has 0 saturated heterocycles. The zero-order valence-electron chi connectivity index (χ0n) is 13.0. The van der Waals surface area contributed by atoms with E-state index in [1.165, 1.54) is 6.07 Å². The van der Waals surface area contributed by atoms with Crippen LogP contribution in [0.1, 0.15) is 5.82 Å². The number of thiophene rings is 1. The Hall–Kier alpha value is -2.31. The van der Waals surface area contributed by atoms with Gasteiger partial charge in [-0.1, -0.05) is 6.07 Å². The van der Waals surface area contributed by atoms with E-state index in [-0.39, 0.29) is 22.6 Å². The molecule has 0 aliphatic heterocycles. The van der Waals surface area contributed by atoms with Crippen LogP contribution in [0, 0.1) is 0 Å². The quantitative estimate of drug-likeness (QED) is 0.621. The van der Waals surface area contributed by atoms with Gasteiger partial charge < -0.3 is 15.4 Å². The summed E-state index contributed by atoms with van der Waals surface area (Å²) in [6.07, 6.45) is 0. The molecule has 0 aliphatic rings. The number of ether oxygens (including phenoxy) is 1. The average Bonchev–Trinajstić information content (AvgIpc) is 3.06. The number of nitrogen functional groups attached to an aromatic ring is 1. The second-order valence-corrected chi connectivity index (χ2v) is 7.66. The van der Waals surface area contributed by atoms with Gasteiger partial charge in [0.25, 0.3) is 10.0 Å².